The molecule has 2 fully saturated rings. The van der Waals surface area contributed by atoms with Gasteiger partial charge in [-0.3, -0.25) is 10.1 Å². The Hall–Kier alpha value is -2.61. The van der Waals surface area contributed by atoms with E-state index < -0.39 is 12.2 Å². The van der Waals surface area contributed by atoms with Crippen molar-refractivity contribution in [2.45, 2.75) is 32.0 Å². The van der Waals surface area contributed by atoms with Crippen LogP contribution in [0.15, 0.2) is 35.3 Å². The Morgan fingerprint density at radius 2 is 1.83 bits per heavy atom. The van der Waals surface area contributed by atoms with Gasteiger partial charge in [-0.05, 0) is 24.9 Å². The van der Waals surface area contributed by atoms with Crippen LogP contribution in [0.3, 0.4) is 0 Å². The highest BCUT2D eigenvalue weighted by molar-refractivity contribution is 6.03. The largest absolute Gasteiger partial charge is 0.340 e. The van der Waals surface area contributed by atoms with E-state index in [0.29, 0.717) is 0 Å². The molecule has 2 unspecified atom stereocenters. The first-order valence-corrected chi connectivity index (χ1v) is 10.5. The highest BCUT2D eigenvalue weighted by atomic mass is 16.2. The molecule has 0 bridgehead atoms. The van der Waals surface area contributed by atoms with Gasteiger partial charge in [0.05, 0.1) is 0 Å². The third kappa shape index (κ3) is 3.94. The lowest BCUT2D eigenvalue weighted by molar-refractivity contribution is -0.127. The number of hydrogen-bond acceptors (Lipinski definition) is 6. The molecule has 0 aromatic heterocycles. The van der Waals surface area contributed by atoms with Gasteiger partial charge in [0.25, 0.3) is 5.91 Å². The van der Waals surface area contributed by atoms with Crippen LogP contribution in [0.5, 0.6) is 0 Å². The van der Waals surface area contributed by atoms with Gasteiger partial charge in [0.2, 0.25) is 0 Å². The number of likely N-dealkylation sites (N-methyl/N-ethyl adjacent to an activating group) is 2. The summed E-state index contributed by atoms with van der Waals surface area (Å²) in [5.74, 6) is 0.615. The van der Waals surface area contributed by atoms with E-state index in [4.69, 9.17) is 4.99 Å². The van der Waals surface area contributed by atoms with Gasteiger partial charge in [-0.25, -0.2) is 9.79 Å². The van der Waals surface area contributed by atoms with E-state index in [1.54, 1.807) is 11.9 Å². The first-order chi connectivity index (χ1) is 14.1. The molecule has 1 aromatic carbocycles. The smallest absolute Gasteiger partial charge is 0.325 e. The van der Waals surface area contributed by atoms with Gasteiger partial charge in [0, 0.05) is 39.8 Å². The summed E-state index contributed by atoms with van der Waals surface area (Å²) in [6.45, 7) is 7.72. The van der Waals surface area contributed by atoms with Gasteiger partial charge in [0.1, 0.15) is 0 Å². The molecule has 0 spiro atoms. The van der Waals surface area contributed by atoms with Crippen LogP contribution < -0.4 is 5.32 Å². The van der Waals surface area contributed by atoms with Crippen molar-refractivity contribution in [1.29, 1.82) is 0 Å². The SMILES string of the molecule is CCN1CCN(C2=NC3C(C(=O)NC(=O)N3C)N2CCCc2ccccc2)CC1. The monoisotopic (exact) mass is 398 g/mol. The third-order valence-corrected chi connectivity index (χ3v) is 6.15. The quantitative estimate of drug-likeness (QED) is 0.795. The Bertz CT molecular complexity index is 775. The number of nitrogens with one attached hydrogen (secondary N) is 1. The summed E-state index contributed by atoms with van der Waals surface area (Å²) in [6, 6.07) is 9.56. The molecule has 1 aromatic rings. The van der Waals surface area contributed by atoms with Crippen molar-refractivity contribution in [3.05, 3.63) is 35.9 Å². The molecule has 1 N–H and O–H groups in total. The maximum atomic E-state index is 12.7. The zero-order chi connectivity index (χ0) is 20.4. The van der Waals surface area contributed by atoms with E-state index in [1.807, 2.05) is 6.07 Å². The van der Waals surface area contributed by atoms with Crippen molar-refractivity contribution >= 4 is 17.9 Å². The van der Waals surface area contributed by atoms with Crippen LogP contribution in [0.2, 0.25) is 0 Å². The zero-order valence-electron chi connectivity index (χ0n) is 17.3. The topological polar surface area (TPSA) is 71.5 Å². The predicted molar refractivity (Wildman–Crippen MR) is 111 cm³/mol. The molecule has 2 saturated heterocycles. The number of urea groups is 1. The van der Waals surface area contributed by atoms with Crippen LogP contribution >= 0.6 is 0 Å². The van der Waals surface area contributed by atoms with Crippen LogP contribution in [0.4, 0.5) is 4.79 Å². The molecule has 2 atom stereocenters. The minimum atomic E-state index is -0.452. The summed E-state index contributed by atoms with van der Waals surface area (Å²) in [5, 5.41) is 2.48. The Morgan fingerprint density at radius 1 is 1.10 bits per heavy atom. The highest BCUT2D eigenvalue weighted by Crippen LogP contribution is 2.26. The lowest BCUT2D eigenvalue weighted by Crippen LogP contribution is -2.64. The number of aliphatic imine (C=N–C) groups is 1. The molecule has 29 heavy (non-hydrogen) atoms. The van der Waals surface area contributed by atoms with Crippen LogP contribution in [0, 0.1) is 0 Å². The van der Waals surface area contributed by atoms with Gasteiger partial charge in [-0.15, -0.1) is 0 Å². The summed E-state index contributed by atoms with van der Waals surface area (Å²) in [6.07, 6.45) is 1.42. The molecule has 3 amide bonds. The molecule has 0 aliphatic carbocycles. The summed E-state index contributed by atoms with van der Waals surface area (Å²) in [4.78, 5) is 38.0. The Kier molecular flexibility index (Phi) is 5.71. The number of imide groups is 1. The molecule has 0 radical (unpaired) electrons. The first kappa shape index (κ1) is 19.7. The fraction of sp³-hybridized carbons (Fsp3) is 0.571. The number of amides is 3. The second-order valence-electron chi connectivity index (χ2n) is 7.90. The number of guanidine groups is 1. The molecule has 3 heterocycles. The number of benzene rings is 1. The third-order valence-electron chi connectivity index (χ3n) is 6.15. The van der Waals surface area contributed by atoms with Gasteiger partial charge >= 0.3 is 6.03 Å². The molecule has 156 valence electrons. The molecule has 8 heteroatoms. The number of piperazine rings is 1. The Labute approximate surface area is 172 Å². The average Bonchev–Trinajstić information content (AvgIpc) is 3.13. The fourth-order valence-electron chi connectivity index (χ4n) is 4.38. The van der Waals surface area contributed by atoms with Crippen LogP contribution in [0.25, 0.3) is 0 Å². The molecular formula is C21H30N6O2. The second-order valence-corrected chi connectivity index (χ2v) is 7.90. The van der Waals surface area contributed by atoms with Crippen molar-refractivity contribution in [3.63, 3.8) is 0 Å². The van der Waals surface area contributed by atoms with E-state index in [0.717, 1.165) is 58.1 Å². The number of rotatable bonds is 5. The summed E-state index contributed by atoms with van der Waals surface area (Å²) < 4.78 is 0. The van der Waals surface area contributed by atoms with E-state index in [9.17, 15) is 9.59 Å². The van der Waals surface area contributed by atoms with Crippen LogP contribution in [-0.2, 0) is 11.2 Å². The van der Waals surface area contributed by atoms with E-state index in [-0.39, 0.29) is 11.9 Å². The molecule has 8 nitrogen and oxygen atoms in total. The standard InChI is InChI=1S/C21H30N6O2/c1-3-25-12-14-26(15-13-25)20-22-18-17(19(28)23-21(29)24(18)2)27(20)11-7-10-16-8-5-4-6-9-16/h4-6,8-9,17-18H,3,7,10-15H2,1-2H3,(H,23,28,29). The van der Waals surface area contributed by atoms with Crippen molar-refractivity contribution < 1.29 is 9.59 Å². The molecule has 4 rings (SSSR count). The van der Waals surface area contributed by atoms with Crippen LogP contribution in [0.1, 0.15) is 18.9 Å². The Morgan fingerprint density at radius 3 is 2.52 bits per heavy atom. The molecule has 0 saturated carbocycles. The molecular weight excluding hydrogens is 368 g/mol. The van der Waals surface area contributed by atoms with Crippen molar-refractivity contribution in [2.75, 3.05) is 46.3 Å². The van der Waals surface area contributed by atoms with E-state index in [1.165, 1.54) is 5.56 Å². The summed E-state index contributed by atoms with van der Waals surface area (Å²) in [7, 11) is 1.71. The predicted octanol–water partition coefficient (Wildman–Crippen LogP) is 0.805. The number of fused-ring (bicyclic) bond motifs is 1. The number of aryl methyl sites for hydroxylation is 1. The Balaban J connectivity index is 1.51. The molecule has 3 aliphatic heterocycles. The lowest BCUT2D eigenvalue weighted by atomic mass is 10.1. The minimum Gasteiger partial charge on any atom is -0.340 e. The first-order valence-electron chi connectivity index (χ1n) is 10.5. The summed E-state index contributed by atoms with van der Waals surface area (Å²) in [5.41, 5.74) is 1.29. The number of carbonyl (C=O) groups is 2. The number of hydrogen-bond donors (Lipinski definition) is 1. The number of carbonyl (C=O) groups excluding carboxylic acids is 2. The number of nitrogens with zero attached hydrogens (tertiary/aromatic N) is 5. The minimum absolute atomic E-state index is 0.247. The fourth-order valence-corrected chi connectivity index (χ4v) is 4.38. The second kappa shape index (κ2) is 8.41. The average molecular weight is 399 g/mol. The maximum absolute atomic E-state index is 12.7. The maximum Gasteiger partial charge on any atom is 0.325 e. The highest BCUT2D eigenvalue weighted by Gasteiger charge is 2.49. The van der Waals surface area contributed by atoms with Crippen molar-refractivity contribution in [2.24, 2.45) is 4.99 Å². The normalized spacial score (nSPS) is 25.2. The van der Waals surface area contributed by atoms with Gasteiger partial charge in [-0.2, -0.15) is 0 Å². The van der Waals surface area contributed by atoms with Crippen LogP contribution in [-0.4, -0.2) is 96.0 Å². The van der Waals surface area contributed by atoms with Crippen molar-refractivity contribution in [1.82, 2.24) is 24.9 Å². The van der Waals surface area contributed by atoms with Crippen molar-refractivity contribution in [3.8, 4) is 0 Å². The summed E-state index contributed by atoms with van der Waals surface area (Å²) >= 11 is 0. The molecule has 3 aliphatic rings. The van der Waals surface area contributed by atoms with Gasteiger partial charge in [0.15, 0.2) is 18.2 Å². The van der Waals surface area contributed by atoms with Gasteiger partial charge in [-0.1, -0.05) is 37.3 Å². The lowest BCUT2D eigenvalue weighted by Gasteiger charge is -2.40. The van der Waals surface area contributed by atoms with Gasteiger partial charge < -0.3 is 19.6 Å². The zero-order valence-corrected chi connectivity index (χ0v) is 17.3. The van der Waals surface area contributed by atoms with E-state index in [2.05, 4.69) is 51.2 Å². The van der Waals surface area contributed by atoms with E-state index >= 15 is 0 Å².